The van der Waals surface area contributed by atoms with Crippen LogP contribution in [0.2, 0.25) is 0 Å². The van der Waals surface area contributed by atoms with E-state index in [4.69, 9.17) is 0 Å². The summed E-state index contributed by atoms with van der Waals surface area (Å²) in [6, 6.07) is 3.90. The highest BCUT2D eigenvalue weighted by Crippen LogP contribution is 2.14. The fourth-order valence-electron chi connectivity index (χ4n) is 1.94. The first kappa shape index (κ1) is 14.9. The van der Waals surface area contributed by atoms with Gasteiger partial charge in [0.1, 0.15) is 5.75 Å². The van der Waals surface area contributed by atoms with E-state index in [1.807, 2.05) is 13.0 Å². The molecule has 1 heterocycles. The van der Waals surface area contributed by atoms with Crippen molar-refractivity contribution in [3.63, 3.8) is 0 Å². The van der Waals surface area contributed by atoms with Crippen molar-refractivity contribution >= 4 is 0 Å². The third kappa shape index (κ3) is 4.63. The van der Waals surface area contributed by atoms with Gasteiger partial charge in [-0.05, 0) is 39.1 Å². The molecule has 0 aliphatic carbocycles. The van der Waals surface area contributed by atoms with Gasteiger partial charge in [0.15, 0.2) is 0 Å². The molecule has 0 aliphatic heterocycles. The molecule has 2 N–H and O–H groups in total. The summed E-state index contributed by atoms with van der Waals surface area (Å²) in [7, 11) is 0. The highest BCUT2D eigenvalue weighted by Gasteiger charge is 2.08. The zero-order valence-corrected chi connectivity index (χ0v) is 11.9. The third-order valence-corrected chi connectivity index (χ3v) is 3.13. The van der Waals surface area contributed by atoms with Crippen LogP contribution in [0.4, 0.5) is 0 Å². The highest BCUT2D eigenvalue weighted by molar-refractivity contribution is 5.27. The Kier molecular flexibility index (Phi) is 6.09. The van der Waals surface area contributed by atoms with Gasteiger partial charge in [0, 0.05) is 24.8 Å². The minimum atomic E-state index is 0.267. The van der Waals surface area contributed by atoms with Crippen molar-refractivity contribution in [3.8, 4) is 5.75 Å². The topological polar surface area (TPSA) is 48.4 Å². The Morgan fingerprint density at radius 3 is 2.61 bits per heavy atom. The van der Waals surface area contributed by atoms with E-state index in [1.165, 1.54) is 0 Å². The first-order chi connectivity index (χ1) is 8.56. The van der Waals surface area contributed by atoms with Gasteiger partial charge >= 0.3 is 0 Å². The minimum absolute atomic E-state index is 0.267. The van der Waals surface area contributed by atoms with Crippen molar-refractivity contribution in [2.24, 2.45) is 0 Å². The number of nitrogens with one attached hydrogen (secondary N) is 1. The van der Waals surface area contributed by atoms with Gasteiger partial charge < -0.3 is 15.3 Å². The Morgan fingerprint density at radius 1 is 1.33 bits per heavy atom. The van der Waals surface area contributed by atoms with Crippen molar-refractivity contribution < 1.29 is 5.11 Å². The number of aromatic nitrogens is 1. The maximum Gasteiger partial charge on any atom is 0.138 e. The van der Waals surface area contributed by atoms with E-state index < -0.39 is 0 Å². The normalized spacial score (nSPS) is 12.9. The van der Waals surface area contributed by atoms with E-state index in [0.29, 0.717) is 12.6 Å². The van der Waals surface area contributed by atoms with Gasteiger partial charge in [-0.3, -0.25) is 4.98 Å². The zero-order valence-electron chi connectivity index (χ0n) is 11.9. The Morgan fingerprint density at radius 2 is 2.00 bits per heavy atom. The largest absolute Gasteiger partial charge is 0.506 e. The third-order valence-electron chi connectivity index (χ3n) is 3.13. The van der Waals surface area contributed by atoms with Crippen molar-refractivity contribution in [3.05, 3.63) is 23.5 Å². The van der Waals surface area contributed by atoms with E-state index in [9.17, 15) is 5.11 Å². The molecule has 0 aliphatic rings. The van der Waals surface area contributed by atoms with Crippen LogP contribution < -0.4 is 5.32 Å². The summed E-state index contributed by atoms with van der Waals surface area (Å²) in [5, 5.41) is 13.1. The molecule has 18 heavy (non-hydrogen) atoms. The molecule has 0 spiro atoms. The van der Waals surface area contributed by atoms with Crippen LogP contribution in [-0.4, -0.2) is 40.7 Å². The van der Waals surface area contributed by atoms with Crippen LogP contribution in [-0.2, 0) is 6.54 Å². The average molecular weight is 251 g/mol. The van der Waals surface area contributed by atoms with Gasteiger partial charge in [0.2, 0.25) is 0 Å². The van der Waals surface area contributed by atoms with Crippen LogP contribution in [0.3, 0.4) is 0 Å². The summed E-state index contributed by atoms with van der Waals surface area (Å²) in [6.45, 7) is 12.2. The van der Waals surface area contributed by atoms with Crippen LogP contribution in [0.1, 0.15) is 32.2 Å². The molecule has 0 saturated carbocycles. The van der Waals surface area contributed by atoms with Crippen LogP contribution in [0.25, 0.3) is 0 Å². The van der Waals surface area contributed by atoms with Crippen molar-refractivity contribution in [1.82, 2.24) is 15.2 Å². The summed E-state index contributed by atoms with van der Waals surface area (Å²) < 4.78 is 0. The molecule has 0 bridgehead atoms. The number of aromatic hydroxyl groups is 1. The van der Waals surface area contributed by atoms with Gasteiger partial charge in [-0.25, -0.2) is 0 Å². The molecule has 4 heteroatoms. The smallest absolute Gasteiger partial charge is 0.138 e. The number of hydrogen-bond donors (Lipinski definition) is 2. The Hall–Kier alpha value is -1.13. The lowest BCUT2D eigenvalue weighted by molar-refractivity contribution is 0.270. The number of hydrogen-bond acceptors (Lipinski definition) is 4. The van der Waals surface area contributed by atoms with Crippen LogP contribution in [0.15, 0.2) is 12.1 Å². The molecule has 4 nitrogen and oxygen atoms in total. The number of aryl methyl sites for hydroxylation is 1. The van der Waals surface area contributed by atoms with Gasteiger partial charge in [-0.1, -0.05) is 13.8 Å². The van der Waals surface area contributed by atoms with Gasteiger partial charge in [0.05, 0.1) is 5.69 Å². The quantitative estimate of drug-likeness (QED) is 0.777. The second-order valence-electron chi connectivity index (χ2n) is 4.69. The molecular formula is C14H25N3O. The highest BCUT2D eigenvalue weighted by atomic mass is 16.3. The Balaban J connectivity index is 2.46. The molecule has 0 aromatic carbocycles. The first-order valence-corrected chi connectivity index (χ1v) is 6.68. The molecule has 1 unspecified atom stereocenters. The standard InChI is InChI=1S/C14H25N3O/c1-5-17(6-2)10-12(4)15-9-13-14(18)8-7-11(3)16-13/h7-8,12,15,18H,5-6,9-10H2,1-4H3. The van der Waals surface area contributed by atoms with E-state index in [1.54, 1.807) is 6.07 Å². The lowest BCUT2D eigenvalue weighted by Crippen LogP contribution is -2.38. The fraction of sp³-hybridized carbons (Fsp3) is 0.643. The first-order valence-electron chi connectivity index (χ1n) is 6.68. The summed E-state index contributed by atoms with van der Waals surface area (Å²) in [4.78, 5) is 6.71. The van der Waals surface area contributed by atoms with Crippen molar-refractivity contribution in [2.75, 3.05) is 19.6 Å². The maximum absolute atomic E-state index is 9.71. The molecule has 0 radical (unpaired) electrons. The number of nitrogens with zero attached hydrogens (tertiary/aromatic N) is 2. The van der Waals surface area contributed by atoms with E-state index in [-0.39, 0.29) is 5.75 Å². The average Bonchev–Trinajstić information content (AvgIpc) is 2.37. The summed E-state index contributed by atoms with van der Waals surface area (Å²) >= 11 is 0. The van der Waals surface area contributed by atoms with Crippen LogP contribution in [0.5, 0.6) is 5.75 Å². The van der Waals surface area contributed by atoms with Crippen LogP contribution in [0, 0.1) is 6.92 Å². The van der Waals surface area contributed by atoms with Gasteiger partial charge in [-0.2, -0.15) is 0 Å². The van der Waals surface area contributed by atoms with Crippen molar-refractivity contribution in [1.29, 1.82) is 0 Å². The number of likely N-dealkylation sites (N-methyl/N-ethyl adjacent to an activating group) is 1. The van der Waals surface area contributed by atoms with Crippen LogP contribution >= 0.6 is 0 Å². The number of rotatable bonds is 7. The molecule has 1 rings (SSSR count). The molecule has 0 amide bonds. The Labute approximate surface area is 110 Å². The lowest BCUT2D eigenvalue weighted by Gasteiger charge is -2.23. The summed E-state index contributed by atoms with van der Waals surface area (Å²) in [6.07, 6.45) is 0. The van der Waals surface area contributed by atoms with E-state index in [2.05, 4.69) is 36.0 Å². The second-order valence-corrected chi connectivity index (χ2v) is 4.69. The number of pyridine rings is 1. The fourth-order valence-corrected chi connectivity index (χ4v) is 1.94. The summed E-state index contributed by atoms with van der Waals surface area (Å²) in [5.41, 5.74) is 1.65. The van der Waals surface area contributed by atoms with E-state index >= 15 is 0 Å². The molecule has 1 aromatic rings. The molecule has 1 aromatic heterocycles. The molecular weight excluding hydrogens is 226 g/mol. The predicted molar refractivity (Wildman–Crippen MR) is 74.7 cm³/mol. The predicted octanol–water partition coefficient (Wildman–Crippen LogP) is 1.92. The molecule has 0 saturated heterocycles. The van der Waals surface area contributed by atoms with Crippen molar-refractivity contribution in [2.45, 2.75) is 40.3 Å². The maximum atomic E-state index is 9.71. The lowest BCUT2D eigenvalue weighted by atomic mass is 10.2. The summed E-state index contributed by atoms with van der Waals surface area (Å²) in [5.74, 6) is 0.267. The van der Waals surface area contributed by atoms with Gasteiger partial charge in [0.25, 0.3) is 0 Å². The zero-order chi connectivity index (χ0) is 13.5. The van der Waals surface area contributed by atoms with E-state index in [0.717, 1.165) is 31.0 Å². The minimum Gasteiger partial charge on any atom is -0.506 e. The monoisotopic (exact) mass is 251 g/mol. The molecule has 102 valence electrons. The molecule has 0 fully saturated rings. The second kappa shape index (κ2) is 7.34. The Bertz CT molecular complexity index is 364. The SMILES string of the molecule is CCN(CC)CC(C)NCc1nc(C)ccc1O. The molecule has 1 atom stereocenters. The van der Waals surface area contributed by atoms with Gasteiger partial charge in [-0.15, -0.1) is 0 Å².